The van der Waals surface area contributed by atoms with Gasteiger partial charge in [-0.2, -0.15) is 0 Å². The summed E-state index contributed by atoms with van der Waals surface area (Å²) in [4.78, 5) is 44.3. The average Bonchev–Trinajstić information content (AvgIpc) is 3.46. The number of likely N-dealkylation sites (tertiary alicyclic amines) is 1. The lowest BCUT2D eigenvalue weighted by molar-refractivity contribution is -0.153. The molecule has 3 aliphatic heterocycles. The second-order valence-corrected chi connectivity index (χ2v) is 12.2. The zero-order valence-electron chi connectivity index (χ0n) is 20.0. The van der Waals surface area contributed by atoms with Crippen LogP contribution in [0.4, 0.5) is 5.69 Å². The van der Waals surface area contributed by atoms with E-state index in [1.165, 1.54) is 4.90 Å². The fourth-order valence-electron chi connectivity index (χ4n) is 6.21. The number of aliphatic hydroxyl groups excluding tert-OH is 1. The number of esters is 1. The monoisotopic (exact) mass is 572 g/mol. The molecule has 0 aromatic heterocycles. The van der Waals surface area contributed by atoms with Crippen LogP contribution in [0, 0.1) is 11.8 Å². The first-order chi connectivity index (χ1) is 17.4. The summed E-state index contributed by atoms with van der Waals surface area (Å²) in [5.41, 5.74) is 0.713. The summed E-state index contributed by atoms with van der Waals surface area (Å²) in [6.07, 6.45) is 2.25. The van der Waals surface area contributed by atoms with Gasteiger partial charge in [0, 0.05) is 28.9 Å². The van der Waals surface area contributed by atoms with Crippen LogP contribution in [0.5, 0.6) is 0 Å². The third-order valence-electron chi connectivity index (χ3n) is 7.55. The van der Waals surface area contributed by atoms with E-state index in [-0.39, 0.29) is 48.2 Å². The van der Waals surface area contributed by atoms with Crippen molar-refractivity contribution in [2.45, 2.75) is 34.2 Å². The van der Waals surface area contributed by atoms with E-state index in [9.17, 15) is 19.5 Å². The summed E-state index contributed by atoms with van der Waals surface area (Å²) in [5, 5.41) is 11.7. The Balaban J connectivity index is 1.58. The van der Waals surface area contributed by atoms with Gasteiger partial charge in [-0.25, -0.2) is 0 Å². The minimum atomic E-state index is -0.817. The van der Waals surface area contributed by atoms with Gasteiger partial charge in [-0.3, -0.25) is 14.4 Å². The highest BCUT2D eigenvalue weighted by Crippen LogP contribution is 2.68. The fourth-order valence-corrected chi connectivity index (χ4v) is 9.80. The van der Waals surface area contributed by atoms with Crippen molar-refractivity contribution in [2.24, 2.45) is 11.8 Å². The summed E-state index contributed by atoms with van der Waals surface area (Å²) in [5.74, 6) is -2.18. The Bertz CT molecular complexity index is 1220. The van der Waals surface area contributed by atoms with Crippen molar-refractivity contribution < 1.29 is 24.2 Å². The molecule has 2 amide bonds. The van der Waals surface area contributed by atoms with Gasteiger partial charge in [-0.15, -0.1) is 18.3 Å². The van der Waals surface area contributed by atoms with E-state index < -0.39 is 28.6 Å². The average molecular weight is 574 g/mol. The van der Waals surface area contributed by atoms with Gasteiger partial charge >= 0.3 is 5.97 Å². The van der Waals surface area contributed by atoms with Gasteiger partial charge in [-0.05, 0) is 36.2 Å². The molecular weight excluding hydrogens is 544 g/mol. The van der Waals surface area contributed by atoms with E-state index in [2.05, 4.69) is 22.5 Å². The van der Waals surface area contributed by atoms with E-state index in [1.54, 1.807) is 29.7 Å². The molecule has 6 atom stereocenters. The van der Waals surface area contributed by atoms with Crippen molar-refractivity contribution in [3.05, 3.63) is 55.1 Å². The number of halogens is 1. The fraction of sp³-hybridized carbons (Fsp3) is 0.444. The highest BCUT2D eigenvalue weighted by molar-refractivity contribution is 9.09. The van der Waals surface area contributed by atoms with Crippen molar-refractivity contribution in [2.75, 3.05) is 31.2 Å². The molecule has 2 bridgehead atoms. The summed E-state index contributed by atoms with van der Waals surface area (Å²) < 4.78 is 4.58. The lowest BCUT2D eigenvalue weighted by atomic mass is 9.71. The lowest BCUT2D eigenvalue weighted by Gasteiger charge is -2.37. The number of benzene rings is 2. The molecular formula is C27H29BrN2O5S. The van der Waals surface area contributed by atoms with Gasteiger partial charge in [0.2, 0.25) is 5.91 Å². The number of hydrogen-bond donors (Lipinski definition) is 1. The molecule has 0 radical (unpaired) electrons. The van der Waals surface area contributed by atoms with Gasteiger partial charge in [0.1, 0.15) is 6.04 Å². The largest absolute Gasteiger partial charge is 0.466 e. The molecule has 3 aliphatic rings. The second kappa shape index (κ2) is 9.84. The number of rotatable bonds is 8. The van der Waals surface area contributed by atoms with Crippen molar-refractivity contribution in [3.63, 3.8) is 0 Å². The molecule has 9 heteroatoms. The lowest BCUT2D eigenvalue weighted by Crippen LogP contribution is -2.56. The number of aliphatic hydroxyl groups is 1. The van der Waals surface area contributed by atoms with E-state index in [0.29, 0.717) is 12.1 Å². The second-order valence-electron chi connectivity index (χ2n) is 9.44. The molecule has 3 fully saturated rings. The van der Waals surface area contributed by atoms with Crippen LogP contribution in [-0.2, 0) is 19.1 Å². The summed E-state index contributed by atoms with van der Waals surface area (Å²) in [6.45, 7) is 5.86. The van der Waals surface area contributed by atoms with Gasteiger partial charge in [0.15, 0.2) is 0 Å². The van der Waals surface area contributed by atoms with Crippen molar-refractivity contribution in [1.82, 2.24) is 4.90 Å². The Hall–Kier alpha value is -2.36. The van der Waals surface area contributed by atoms with Gasteiger partial charge in [0.25, 0.3) is 5.91 Å². The van der Waals surface area contributed by atoms with Crippen LogP contribution in [-0.4, -0.2) is 75.0 Å². The summed E-state index contributed by atoms with van der Waals surface area (Å²) >= 11 is 5.29. The number of amides is 2. The number of ether oxygens (including phenoxy) is 1. The third-order valence-corrected chi connectivity index (χ3v) is 10.8. The number of thioether (sulfide) groups is 1. The Morgan fingerprint density at radius 2 is 2.06 bits per heavy atom. The van der Waals surface area contributed by atoms with Crippen molar-refractivity contribution >= 4 is 61.9 Å². The van der Waals surface area contributed by atoms with E-state index in [1.807, 2.05) is 42.5 Å². The van der Waals surface area contributed by atoms with Crippen LogP contribution in [0.3, 0.4) is 0 Å². The normalized spacial score (nSPS) is 30.5. The van der Waals surface area contributed by atoms with E-state index >= 15 is 0 Å². The standard InChI is InChI=1S/C27H29BrN2O5S/c1-3-11-29(18-10-9-16-7-5-6-8-17(16)14-18)25(33)23-27-15-19(28)22(36-27)20(26(34)35-4-2)21(27)24(32)30(23)12-13-31/h3,5-10,14,19-23,31H,1,4,11-13,15H2,2H3/t19?,20-,21-,22-,23?,27?/m0/s1. The molecule has 3 saturated heterocycles. The SMILES string of the molecule is C=CCN(C(=O)C1N(CCO)C(=O)[C@@H]2[C@H](C(=O)OCC)[C@H]3SC12CC3Br)c1ccc2ccccc2c1. The molecule has 3 heterocycles. The topological polar surface area (TPSA) is 87.2 Å². The number of hydrogen-bond acceptors (Lipinski definition) is 6. The first-order valence-electron chi connectivity index (χ1n) is 12.2. The molecule has 7 nitrogen and oxygen atoms in total. The smallest absolute Gasteiger partial charge is 0.310 e. The Kier molecular flexibility index (Phi) is 6.91. The number of fused-ring (bicyclic) bond motifs is 2. The minimum absolute atomic E-state index is 0.0286. The highest BCUT2D eigenvalue weighted by atomic mass is 79.9. The third kappa shape index (κ3) is 3.78. The molecule has 1 spiro atoms. The molecule has 190 valence electrons. The predicted octanol–water partition coefficient (Wildman–Crippen LogP) is 3.38. The zero-order chi connectivity index (χ0) is 25.6. The number of carbonyl (C=O) groups is 3. The van der Waals surface area contributed by atoms with Crippen molar-refractivity contribution in [1.29, 1.82) is 0 Å². The molecule has 0 saturated carbocycles. The number of β-amino-alcohol motifs (C(OH)–C–C–N with tert-alkyl or cyclic N) is 1. The maximum absolute atomic E-state index is 14.4. The molecule has 36 heavy (non-hydrogen) atoms. The van der Waals surface area contributed by atoms with Crippen LogP contribution >= 0.6 is 27.7 Å². The Morgan fingerprint density at radius 1 is 1.31 bits per heavy atom. The summed E-state index contributed by atoms with van der Waals surface area (Å²) in [7, 11) is 0. The predicted molar refractivity (Wildman–Crippen MR) is 144 cm³/mol. The van der Waals surface area contributed by atoms with Crippen LogP contribution in [0.2, 0.25) is 0 Å². The zero-order valence-corrected chi connectivity index (χ0v) is 22.4. The minimum Gasteiger partial charge on any atom is -0.466 e. The molecule has 3 unspecified atom stereocenters. The summed E-state index contributed by atoms with van der Waals surface area (Å²) in [6, 6.07) is 13.0. The van der Waals surface area contributed by atoms with Gasteiger partial charge in [-0.1, -0.05) is 52.3 Å². The van der Waals surface area contributed by atoms with Gasteiger partial charge in [0.05, 0.1) is 29.8 Å². The first kappa shape index (κ1) is 25.3. The molecule has 2 aromatic rings. The van der Waals surface area contributed by atoms with E-state index in [4.69, 9.17) is 4.74 Å². The highest BCUT2D eigenvalue weighted by Gasteiger charge is 2.76. The number of anilines is 1. The van der Waals surface area contributed by atoms with Crippen molar-refractivity contribution in [3.8, 4) is 0 Å². The maximum Gasteiger partial charge on any atom is 0.310 e. The van der Waals surface area contributed by atoms with Crippen LogP contribution in [0.1, 0.15) is 13.3 Å². The molecule has 1 N–H and O–H groups in total. The number of alkyl halides is 1. The maximum atomic E-state index is 14.4. The number of nitrogens with zero attached hydrogens (tertiary/aromatic N) is 2. The van der Waals surface area contributed by atoms with Crippen LogP contribution < -0.4 is 4.90 Å². The Morgan fingerprint density at radius 3 is 2.75 bits per heavy atom. The molecule has 0 aliphatic carbocycles. The first-order valence-corrected chi connectivity index (χ1v) is 14.0. The quantitative estimate of drug-likeness (QED) is 0.296. The van der Waals surface area contributed by atoms with Crippen LogP contribution in [0.15, 0.2) is 55.1 Å². The van der Waals surface area contributed by atoms with E-state index in [0.717, 1.165) is 10.8 Å². The Labute approximate surface area is 223 Å². The molecule has 2 aromatic carbocycles. The van der Waals surface area contributed by atoms with Gasteiger partial charge < -0.3 is 19.6 Å². The van der Waals surface area contributed by atoms with Crippen LogP contribution in [0.25, 0.3) is 10.8 Å². The number of carbonyl (C=O) groups excluding carboxylic acids is 3. The molecule has 5 rings (SSSR count).